The van der Waals surface area contributed by atoms with E-state index in [1.54, 1.807) is 38.1 Å². The number of hydrogen-bond donors (Lipinski definition) is 0. The van der Waals surface area contributed by atoms with Crippen molar-refractivity contribution in [2.24, 2.45) is 0 Å². The summed E-state index contributed by atoms with van der Waals surface area (Å²) in [6.45, 7) is 3.79. The number of pyridine rings is 1. The molecule has 0 fully saturated rings. The summed E-state index contributed by atoms with van der Waals surface area (Å²) in [5, 5.41) is 0. The molecule has 0 saturated carbocycles. The van der Waals surface area contributed by atoms with Crippen LogP contribution in [0.1, 0.15) is 34.2 Å². The molecule has 4 heteroatoms. The maximum atomic E-state index is 13.0. The number of ether oxygens (including phenoxy) is 1. The van der Waals surface area contributed by atoms with Crippen molar-refractivity contribution in [3.8, 4) is 11.8 Å². The molecule has 0 atom stereocenters. The zero-order valence-corrected chi connectivity index (χ0v) is 11.8. The number of benzene rings is 1. The van der Waals surface area contributed by atoms with Crippen molar-refractivity contribution in [2.45, 2.75) is 13.8 Å². The van der Waals surface area contributed by atoms with Crippen LogP contribution >= 0.6 is 0 Å². The summed E-state index contributed by atoms with van der Waals surface area (Å²) in [4.78, 5) is 15.9. The monoisotopic (exact) mass is 283 g/mol. The fraction of sp³-hybridized carbons (Fsp3) is 0.176. The molecule has 21 heavy (non-hydrogen) atoms. The Labute approximate surface area is 122 Å². The van der Waals surface area contributed by atoms with Gasteiger partial charge >= 0.3 is 5.97 Å². The molecule has 1 aromatic carbocycles. The average molecular weight is 283 g/mol. The lowest BCUT2D eigenvalue weighted by molar-refractivity contribution is 0.0525. The van der Waals surface area contributed by atoms with Gasteiger partial charge in [0.25, 0.3) is 0 Å². The maximum Gasteiger partial charge on any atom is 0.339 e. The van der Waals surface area contributed by atoms with E-state index in [0.717, 1.165) is 0 Å². The lowest BCUT2D eigenvalue weighted by Crippen LogP contribution is -2.08. The zero-order chi connectivity index (χ0) is 15.2. The first kappa shape index (κ1) is 14.7. The highest BCUT2D eigenvalue weighted by molar-refractivity contribution is 5.90. The highest BCUT2D eigenvalue weighted by Crippen LogP contribution is 2.08. The smallest absolute Gasteiger partial charge is 0.339 e. The molecule has 106 valence electrons. The quantitative estimate of drug-likeness (QED) is 0.628. The van der Waals surface area contributed by atoms with E-state index in [0.29, 0.717) is 29.1 Å². The minimum atomic E-state index is -0.396. The molecule has 0 spiro atoms. The Morgan fingerprint density at radius 2 is 2.10 bits per heavy atom. The lowest BCUT2D eigenvalue weighted by Gasteiger charge is -2.04. The van der Waals surface area contributed by atoms with Crippen LogP contribution in [0, 0.1) is 24.6 Å². The molecule has 0 aliphatic carbocycles. The number of halogens is 1. The van der Waals surface area contributed by atoms with E-state index < -0.39 is 5.97 Å². The van der Waals surface area contributed by atoms with Crippen molar-refractivity contribution in [3.63, 3.8) is 0 Å². The predicted octanol–water partition coefficient (Wildman–Crippen LogP) is 3.11. The lowest BCUT2D eigenvalue weighted by atomic mass is 10.1. The summed E-state index contributed by atoms with van der Waals surface area (Å²) >= 11 is 0. The van der Waals surface area contributed by atoms with E-state index in [1.807, 2.05) is 0 Å². The summed E-state index contributed by atoms with van der Waals surface area (Å²) in [5.41, 5.74) is 2.07. The molecule has 0 unspecified atom stereocenters. The minimum absolute atomic E-state index is 0.319. The molecule has 0 N–H and O–H groups in total. The molecule has 2 rings (SSSR count). The van der Waals surface area contributed by atoms with Crippen LogP contribution < -0.4 is 0 Å². The van der Waals surface area contributed by atoms with Gasteiger partial charge in [-0.2, -0.15) is 0 Å². The van der Waals surface area contributed by atoms with E-state index in [4.69, 9.17) is 4.74 Å². The third-order valence-corrected chi connectivity index (χ3v) is 2.74. The Kier molecular flexibility index (Phi) is 4.68. The van der Waals surface area contributed by atoms with Gasteiger partial charge in [0.1, 0.15) is 11.5 Å². The largest absolute Gasteiger partial charge is 0.462 e. The molecule has 1 heterocycles. The molecule has 0 aliphatic heterocycles. The Balaban J connectivity index is 2.24. The number of aryl methyl sites for hydroxylation is 1. The molecule has 0 aliphatic rings. The van der Waals surface area contributed by atoms with Gasteiger partial charge in [-0.05, 0) is 50.1 Å². The second-order valence-corrected chi connectivity index (χ2v) is 4.31. The van der Waals surface area contributed by atoms with Crippen LogP contribution in [0.15, 0.2) is 36.4 Å². The number of rotatable bonds is 2. The number of hydrogen-bond acceptors (Lipinski definition) is 3. The molecular weight excluding hydrogens is 269 g/mol. The van der Waals surface area contributed by atoms with Crippen LogP contribution in [-0.2, 0) is 4.74 Å². The van der Waals surface area contributed by atoms with Gasteiger partial charge in [0.15, 0.2) is 0 Å². The fourth-order valence-electron chi connectivity index (χ4n) is 1.76. The predicted molar refractivity (Wildman–Crippen MR) is 77.3 cm³/mol. The van der Waals surface area contributed by atoms with Crippen molar-refractivity contribution in [2.75, 3.05) is 6.61 Å². The summed E-state index contributed by atoms with van der Waals surface area (Å²) in [6.07, 6.45) is 0. The van der Waals surface area contributed by atoms with Crippen molar-refractivity contribution < 1.29 is 13.9 Å². The molecule has 0 bridgehead atoms. The summed E-state index contributed by atoms with van der Waals surface area (Å²) < 4.78 is 18.0. The third kappa shape index (κ3) is 3.90. The third-order valence-electron chi connectivity index (χ3n) is 2.74. The second kappa shape index (κ2) is 6.67. The molecule has 0 saturated heterocycles. The molecular formula is C17H14FNO2. The van der Waals surface area contributed by atoms with Gasteiger partial charge in [-0.25, -0.2) is 14.2 Å². The van der Waals surface area contributed by atoms with Crippen LogP contribution in [0.5, 0.6) is 0 Å². The van der Waals surface area contributed by atoms with Crippen molar-refractivity contribution in [1.82, 2.24) is 4.98 Å². The van der Waals surface area contributed by atoms with Crippen molar-refractivity contribution in [3.05, 3.63) is 64.7 Å². The van der Waals surface area contributed by atoms with Crippen LogP contribution in [0.2, 0.25) is 0 Å². The SMILES string of the molecule is CCOC(=O)c1ccc(C#Cc2cccc(F)c2)nc1C. The Morgan fingerprint density at radius 1 is 1.29 bits per heavy atom. The Hall–Kier alpha value is -2.67. The van der Waals surface area contributed by atoms with E-state index >= 15 is 0 Å². The molecule has 3 nitrogen and oxygen atoms in total. The molecule has 0 radical (unpaired) electrons. The normalized spacial score (nSPS) is 9.67. The van der Waals surface area contributed by atoms with E-state index in [-0.39, 0.29) is 5.82 Å². The molecule has 2 aromatic rings. The van der Waals surface area contributed by atoms with E-state index in [9.17, 15) is 9.18 Å². The highest BCUT2D eigenvalue weighted by Gasteiger charge is 2.10. The molecule has 1 aromatic heterocycles. The van der Waals surface area contributed by atoms with Gasteiger partial charge in [0.2, 0.25) is 0 Å². The van der Waals surface area contributed by atoms with Crippen LogP contribution in [-0.4, -0.2) is 17.6 Å². The summed E-state index contributed by atoms with van der Waals surface area (Å²) in [5.74, 6) is 4.96. The minimum Gasteiger partial charge on any atom is -0.462 e. The van der Waals surface area contributed by atoms with Crippen LogP contribution in [0.3, 0.4) is 0 Å². The van der Waals surface area contributed by atoms with Gasteiger partial charge in [-0.1, -0.05) is 12.0 Å². The number of nitrogens with zero attached hydrogens (tertiary/aromatic N) is 1. The number of carbonyl (C=O) groups excluding carboxylic acids is 1. The number of carbonyl (C=O) groups is 1. The Bertz CT molecular complexity index is 729. The van der Waals surface area contributed by atoms with Crippen LogP contribution in [0.4, 0.5) is 4.39 Å². The zero-order valence-electron chi connectivity index (χ0n) is 11.8. The first-order valence-corrected chi connectivity index (χ1v) is 6.52. The van der Waals surface area contributed by atoms with E-state index in [1.165, 1.54) is 12.1 Å². The van der Waals surface area contributed by atoms with Crippen LogP contribution in [0.25, 0.3) is 0 Å². The van der Waals surface area contributed by atoms with Gasteiger partial charge in [0.05, 0.1) is 17.9 Å². The first-order valence-electron chi connectivity index (χ1n) is 6.52. The standard InChI is InChI=1S/C17H14FNO2/c1-3-21-17(20)16-10-9-15(19-12(16)2)8-7-13-5-4-6-14(18)11-13/h4-6,9-11H,3H2,1-2H3. The first-order chi connectivity index (χ1) is 10.1. The van der Waals surface area contributed by atoms with Gasteiger partial charge in [0, 0.05) is 5.56 Å². The number of aromatic nitrogens is 1. The van der Waals surface area contributed by atoms with E-state index in [2.05, 4.69) is 16.8 Å². The summed E-state index contributed by atoms with van der Waals surface area (Å²) in [7, 11) is 0. The number of esters is 1. The maximum absolute atomic E-state index is 13.0. The van der Waals surface area contributed by atoms with Gasteiger partial charge < -0.3 is 4.74 Å². The van der Waals surface area contributed by atoms with Gasteiger partial charge in [-0.15, -0.1) is 0 Å². The fourth-order valence-corrected chi connectivity index (χ4v) is 1.76. The topological polar surface area (TPSA) is 39.2 Å². The van der Waals surface area contributed by atoms with Crippen molar-refractivity contribution >= 4 is 5.97 Å². The average Bonchev–Trinajstić information content (AvgIpc) is 2.45. The highest BCUT2D eigenvalue weighted by atomic mass is 19.1. The Morgan fingerprint density at radius 3 is 2.76 bits per heavy atom. The van der Waals surface area contributed by atoms with Crippen molar-refractivity contribution in [1.29, 1.82) is 0 Å². The molecule has 0 amide bonds. The second-order valence-electron chi connectivity index (χ2n) is 4.31. The van der Waals surface area contributed by atoms with Gasteiger partial charge in [-0.3, -0.25) is 0 Å². The summed E-state index contributed by atoms with van der Waals surface area (Å²) in [6, 6.07) is 9.31.